The number of para-hydroxylation sites is 1. The molecule has 4 nitrogen and oxygen atoms in total. The van der Waals surface area contributed by atoms with Gasteiger partial charge in [-0.05, 0) is 35.0 Å². The van der Waals surface area contributed by atoms with Crippen molar-refractivity contribution >= 4 is 27.5 Å². The monoisotopic (exact) mass is 298 g/mol. The molecule has 0 bridgehead atoms. The first-order chi connectivity index (χ1) is 7.96. The van der Waals surface area contributed by atoms with Crippen LogP contribution in [-0.4, -0.2) is 41.1 Å². The molecule has 1 heterocycles. The summed E-state index contributed by atoms with van der Waals surface area (Å²) in [5.41, 5.74) is 0.137. The third kappa shape index (κ3) is 3.28. The molecule has 2 rings (SSSR count). The van der Waals surface area contributed by atoms with Crippen molar-refractivity contribution < 1.29 is 9.90 Å². The molecule has 0 spiro atoms. The highest BCUT2D eigenvalue weighted by molar-refractivity contribution is 9.10. The normalized spacial score (nSPS) is 18.5. The Kier molecular flexibility index (Phi) is 3.51. The van der Waals surface area contributed by atoms with E-state index in [1.807, 2.05) is 29.2 Å². The number of hydrogen-bond acceptors (Lipinski definition) is 3. The van der Waals surface area contributed by atoms with Gasteiger partial charge in [-0.3, -0.25) is 9.69 Å². The van der Waals surface area contributed by atoms with Crippen LogP contribution in [-0.2, 0) is 4.79 Å². The van der Waals surface area contributed by atoms with Crippen LogP contribution in [0.2, 0.25) is 0 Å². The molecule has 1 aliphatic heterocycles. The standard InChI is InChI=1S/C12H15BrN2O2/c1-12(17)7-15(8-12)6-11(16)14-10-5-3-2-4-9(10)13/h2-5,17H,6-8H2,1H3,(H,14,16). The fourth-order valence-corrected chi connectivity index (χ4v) is 2.37. The Morgan fingerprint density at radius 1 is 1.53 bits per heavy atom. The fourth-order valence-electron chi connectivity index (χ4n) is 1.98. The molecule has 0 atom stereocenters. The topological polar surface area (TPSA) is 52.6 Å². The van der Waals surface area contributed by atoms with Crippen molar-refractivity contribution in [2.75, 3.05) is 25.0 Å². The van der Waals surface area contributed by atoms with Crippen molar-refractivity contribution in [1.29, 1.82) is 0 Å². The van der Waals surface area contributed by atoms with E-state index in [-0.39, 0.29) is 5.91 Å². The van der Waals surface area contributed by atoms with Crippen LogP contribution < -0.4 is 5.32 Å². The summed E-state index contributed by atoms with van der Waals surface area (Å²) < 4.78 is 0.865. The molecule has 0 aromatic heterocycles. The van der Waals surface area contributed by atoms with Gasteiger partial charge in [0.2, 0.25) is 5.91 Å². The average Bonchev–Trinajstić information content (AvgIpc) is 2.18. The van der Waals surface area contributed by atoms with Gasteiger partial charge in [-0.2, -0.15) is 0 Å². The molecule has 0 saturated carbocycles. The van der Waals surface area contributed by atoms with E-state index in [1.54, 1.807) is 6.92 Å². The Hall–Kier alpha value is -0.910. The summed E-state index contributed by atoms with van der Waals surface area (Å²) in [5, 5.41) is 12.4. The van der Waals surface area contributed by atoms with Gasteiger partial charge in [-0.15, -0.1) is 0 Å². The van der Waals surface area contributed by atoms with Gasteiger partial charge in [0.1, 0.15) is 0 Å². The third-order valence-corrected chi connectivity index (χ3v) is 3.34. The largest absolute Gasteiger partial charge is 0.388 e. The molecule has 1 aliphatic rings. The van der Waals surface area contributed by atoms with Gasteiger partial charge in [0.15, 0.2) is 0 Å². The first-order valence-electron chi connectivity index (χ1n) is 5.45. The number of benzene rings is 1. The van der Waals surface area contributed by atoms with Crippen LogP contribution in [0.15, 0.2) is 28.7 Å². The lowest BCUT2D eigenvalue weighted by Crippen LogP contribution is -2.61. The van der Waals surface area contributed by atoms with Crippen LogP contribution in [0.4, 0.5) is 5.69 Å². The first kappa shape index (κ1) is 12.5. The molecule has 2 N–H and O–H groups in total. The smallest absolute Gasteiger partial charge is 0.238 e. The van der Waals surface area contributed by atoms with Gasteiger partial charge in [0.05, 0.1) is 17.8 Å². The number of halogens is 1. The van der Waals surface area contributed by atoms with Crippen molar-refractivity contribution in [2.24, 2.45) is 0 Å². The predicted molar refractivity (Wildman–Crippen MR) is 69.8 cm³/mol. The number of carbonyl (C=O) groups is 1. The van der Waals surface area contributed by atoms with Gasteiger partial charge >= 0.3 is 0 Å². The maximum absolute atomic E-state index is 11.7. The van der Waals surface area contributed by atoms with Crippen LogP contribution in [0.1, 0.15) is 6.92 Å². The van der Waals surface area contributed by atoms with Gasteiger partial charge in [0.25, 0.3) is 0 Å². The molecular weight excluding hydrogens is 284 g/mol. The molecule has 0 radical (unpaired) electrons. The molecule has 1 amide bonds. The predicted octanol–water partition coefficient (Wildman–Crippen LogP) is 1.45. The van der Waals surface area contributed by atoms with E-state index in [1.165, 1.54) is 0 Å². The van der Waals surface area contributed by atoms with Crippen LogP contribution in [0.5, 0.6) is 0 Å². The number of likely N-dealkylation sites (tertiary alicyclic amines) is 1. The van der Waals surface area contributed by atoms with E-state index in [9.17, 15) is 9.90 Å². The van der Waals surface area contributed by atoms with Crippen molar-refractivity contribution in [3.05, 3.63) is 28.7 Å². The highest BCUT2D eigenvalue weighted by Gasteiger charge is 2.37. The first-order valence-corrected chi connectivity index (χ1v) is 6.25. The molecule has 0 aliphatic carbocycles. The number of amides is 1. The number of anilines is 1. The lowest BCUT2D eigenvalue weighted by atomic mass is 9.97. The minimum atomic E-state index is -0.631. The third-order valence-electron chi connectivity index (χ3n) is 2.64. The van der Waals surface area contributed by atoms with Crippen molar-refractivity contribution in [3.8, 4) is 0 Å². The van der Waals surface area contributed by atoms with E-state index in [0.29, 0.717) is 19.6 Å². The number of β-amino-alcohol motifs (C(OH)–C–C–N with tert-alkyl or cyclic N) is 1. The van der Waals surface area contributed by atoms with Gasteiger partial charge < -0.3 is 10.4 Å². The lowest BCUT2D eigenvalue weighted by Gasteiger charge is -2.43. The molecule has 5 heteroatoms. The molecule has 1 fully saturated rings. The van der Waals surface area contributed by atoms with E-state index in [4.69, 9.17) is 0 Å². The van der Waals surface area contributed by atoms with Gasteiger partial charge in [-0.1, -0.05) is 12.1 Å². The number of nitrogens with zero attached hydrogens (tertiary/aromatic N) is 1. The summed E-state index contributed by atoms with van der Waals surface area (Å²) in [4.78, 5) is 13.6. The number of aliphatic hydroxyl groups is 1. The van der Waals surface area contributed by atoms with Crippen molar-refractivity contribution in [3.63, 3.8) is 0 Å². The van der Waals surface area contributed by atoms with Gasteiger partial charge in [-0.25, -0.2) is 0 Å². The van der Waals surface area contributed by atoms with Crippen LogP contribution >= 0.6 is 15.9 Å². The van der Waals surface area contributed by atoms with E-state index in [2.05, 4.69) is 21.2 Å². The maximum atomic E-state index is 11.7. The zero-order valence-corrected chi connectivity index (χ0v) is 11.2. The Labute approximate surface area is 109 Å². The quantitative estimate of drug-likeness (QED) is 0.888. The Morgan fingerprint density at radius 2 is 2.18 bits per heavy atom. The zero-order chi connectivity index (χ0) is 12.5. The second-order valence-electron chi connectivity index (χ2n) is 4.67. The molecule has 92 valence electrons. The number of hydrogen-bond donors (Lipinski definition) is 2. The van der Waals surface area contributed by atoms with Gasteiger partial charge in [0, 0.05) is 17.6 Å². The van der Waals surface area contributed by atoms with Crippen LogP contribution in [0, 0.1) is 0 Å². The van der Waals surface area contributed by atoms with Crippen LogP contribution in [0.3, 0.4) is 0 Å². The molecule has 0 unspecified atom stereocenters. The summed E-state index contributed by atoms with van der Waals surface area (Å²) in [6.45, 7) is 3.19. The Morgan fingerprint density at radius 3 is 2.76 bits per heavy atom. The zero-order valence-electron chi connectivity index (χ0n) is 9.61. The number of nitrogens with one attached hydrogen (secondary N) is 1. The summed E-state index contributed by atoms with van der Waals surface area (Å²) in [6, 6.07) is 7.49. The van der Waals surface area contributed by atoms with E-state index >= 15 is 0 Å². The summed E-state index contributed by atoms with van der Waals surface area (Å²) >= 11 is 3.37. The van der Waals surface area contributed by atoms with Crippen LogP contribution in [0.25, 0.3) is 0 Å². The van der Waals surface area contributed by atoms with Crippen molar-refractivity contribution in [1.82, 2.24) is 4.90 Å². The summed E-state index contributed by atoms with van der Waals surface area (Å²) in [5.74, 6) is -0.0626. The summed E-state index contributed by atoms with van der Waals surface area (Å²) in [7, 11) is 0. The second kappa shape index (κ2) is 4.76. The van der Waals surface area contributed by atoms with E-state index in [0.717, 1.165) is 10.2 Å². The SMILES string of the molecule is CC1(O)CN(CC(=O)Nc2ccccc2Br)C1. The number of rotatable bonds is 3. The van der Waals surface area contributed by atoms with E-state index < -0.39 is 5.60 Å². The lowest BCUT2D eigenvalue weighted by molar-refractivity contribution is -0.125. The molecule has 17 heavy (non-hydrogen) atoms. The molecular formula is C12H15BrN2O2. The highest BCUT2D eigenvalue weighted by Crippen LogP contribution is 2.22. The molecule has 1 aromatic rings. The molecule has 1 aromatic carbocycles. The minimum Gasteiger partial charge on any atom is -0.388 e. The van der Waals surface area contributed by atoms with Crippen molar-refractivity contribution in [2.45, 2.75) is 12.5 Å². The fraction of sp³-hybridized carbons (Fsp3) is 0.417. The highest BCUT2D eigenvalue weighted by atomic mass is 79.9. The Balaban J connectivity index is 1.85. The molecule has 1 saturated heterocycles. The summed E-state index contributed by atoms with van der Waals surface area (Å²) in [6.07, 6.45) is 0. The second-order valence-corrected chi connectivity index (χ2v) is 5.52. The average molecular weight is 299 g/mol. The number of carbonyl (C=O) groups excluding carboxylic acids is 1. The Bertz CT molecular complexity index is 426. The minimum absolute atomic E-state index is 0.0626. The maximum Gasteiger partial charge on any atom is 0.238 e.